The number of hydrogen-bond donors (Lipinski definition) is 1. The van der Waals surface area contributed by atoms with Crippen LogP contribution in [0.2, 0.25) is 0 Å². The Hall–Kier alpha value is -1.73. The molecule has 6 nitrogen and oxygen atoms in total. The molecule has 118 valence electrons. The molecule has 1 spiro atoms. The number of pyridine rings is 1. The predicted molar refractivity (Wildman–Crippen MR) is 79.6 cm³/mol. The van der Waals surface area contributed by atoms with E-state index in [9.17, 15) is 9.60 Å². The lowest BCUT2D eigenvalue weighted by atomic mass is 9.75. The zero-order valence-electron chi connectivity index (χ0n) is 12.5. The van der Waals surface area contributed by atoms with Crippen LogP contribution in [0.3, 0.4) is 0 Å². The van der Waals surface area contributed by atoms with Crippen LogP contribution in [0.15, 0.2) is 17.1 Å². The highest BCUT2D eigenvalue weighted by molar-refractivity contribution is 5.89. The standard InChI is InChI=1S/C15H19FN4O2/c1-10-2-3-12(18-13(10)16)19-14-17-8-15(22-14)9-20(21)6-4-11(15)5-7-20/h2-3,11H,4-9H2,1H3,(H,17,18,19)/t11?,15-,20?/m0/s1. The second-order valence-corrected chi connectivity index (χ2v) is 6.66. The summed E-state index contributed by atoms with van der Waals surface area (Å²) in [7, 11) is 0. The summed E-state index contributed by atoms with van der Waals surface area (Å²) >= 11 is 0. The van der Waals surface area contributed by atoms with Gasteiger partial charge in [0.1, 0.15) is 12.4 Å². The Labute approximate surface area is 128 Å². The smallest absolute Gasteiger partial charge is 0.291 e. The topological polar surface area (TPSA) is 69.6 Å². The molecule has 0 saturated carbocycles. The van der Waals surface area contributed by atoms with Crippen LogP contribution >= 0.6 is 0 Å². The number of fused-ring (bicyclic) bond motifs is 2. The van der Waals surface area contributed by atoms with Crippen molar-refractivity contribution in [1.82, 2.24) is 4.98 Å². The molecular weight excluding hydrogens is 287 g/mol. The maximum absolute atomic E-state index is 13.5. The first-order chi connectivity index (χ1) is 10.5. The molecule has 1 aromatic heterocycles. The van der Waals surface area contributed by atoms with Gasteiger partial charge >= 0.3 is 0 Å². The number of quaternary nitrogens is 1. The fraction of sp³-hybridized carbons (Fsp3) is 0.600. The third-order valence-corrected chi connectivity index (χ3v) is 5.13. The molecule has 1 N–H and O–H groups in total. The molecule has 22 heavy (non-hydrogen) atoms. The van der Waals surface area contributed by atoms with Crippen molar-refractivity contribution in [1.29, 1.82) is 0 Å². The lowest BCUT2D eigenvalue weighted by Gasteiger charge is -2.58. The number of hydrogen-bond acceptors (Lipinski definition) is 5. The van der Waals surface area contributed by atoms with E-state index in [2.05, 4.69) is 15.3 Å². The van der Waals surface area contributed by atoms with Gasteiger partial charge in [-0.15, -0.1) is 0 Å². The van der Waals surface area contributed by atoms with E-state index in [0.29, 0.717) is 49.5 Å². The van der Waals surface area contributed by atoms with Crippen molar-refractivity contribution in [3.8, 4) is 0 Å². The monoisotopic (exact) mass is 306 g/mol. The van der Waals surface area contributed by atoms with E-state index in [4.69, 9.17) is 4.74 Å². The minimum Gasteiger partial charge on any atom is -0.633 e. The van der Waals surface area contributed by atoms with Gasteiger partial charge in [0.15, 0.2) is 5.60 Å². The summed E-state index contributed by atoms with van der Waals surface area (Å²) in [6.45, 7) is 3.99. The summed E-state index contributed by atoms with van der Waals surface area (Å²) in [6, 6.07) is 3.69. The highest BCUT2D eigenvalue weighted by Crippen LogP contribution is 2.44. The SMILES string of the molecule is Cc1ccc(NC2=NC[C@@]3(C[N+]4([O-])CCC3CC4)O2)nc1F. The number of anilines is 1. The highest BCUT2D eigenvalue weighted by atomic mass is 19.1. The van der Waals surface area contributed by atoms with Gasteiger partial charge in [-0.25, -0.2) is 9.98 Å². The Morgan fingerprint density at radius 3 is 2.86 bits per heavy atom. The number of amidine groups is 1. The minimum atomic E-state index is -0.509. The fourth-order valence-electron chi connectivity index (χ4n) is 3.84. The number of nitrogens with zero attached hydrogens (tertiary/aromatic N) is 3. The molecule has 4 aliphatic rings. The molecule has 5 heterocycles. The Bertz CT molecular complexity index is 642. The number of nitrogens with one attached hydrogen (secondary N) is 1. The molecule has 0 unspecified atom stereocenters. The van der Waals surface area contributed by atoms with Crippen LogP contribution in [0.1, 0.15) is 18.4 Å². The molecule has 0 amide bonds. The van der Waals surface area contributed by atoms with Crippen molar-refractivity contribution in [3.05, 3.63) is 28.9 Å². The molecule has 0 aromatic carbocycles. The van der Waals surface area contributed by atoms with Crippen molar-refractivity contribution in [3.63, 3.8) is 0 Å². The Kier molecular flexibility index (Phi) is 2.93. The quantitative estimate of drug-likeness (QED) is 0.488. The first-order valence-corrected chi connectivity index (χ1v) is 7.69. The predicted octanol–water partition coefficient (Wildman–Crippen LogP) is 1.80. The molecule has 3 fully saturated rings. The second-order valence-electron chi connectivity index (χ2n) is 6.66. The molecule has 4 aliphatic heterocycles. The molecule has 3 saturated heterocycles. The molecule has 0 radical (unpaired) electrons. The first kappa shape index (κ1) is 13.9. The van der Waals surface area contributed by atoms with Crippen molar-refractivity contribution < 1.29 is 13.8 Å². The summed E-state index contributed by atoms with van der Waals surface area (Å²) in [5, 5.41) is 15.5. The summed E-state index contributed by atoms with van der Waals surface area (Å²) in [5.41, 5.74) is 0.00980. The van der Waals surface area contributed by atoms with Crippen LogP contribution in [0.4, 0.5) is 10.2 Å². The summed E-state index contributed by atoms with van der Waals surface area (Å²) in [5.74, 6) is 0.239. The summed E-state index contributed by atoms with van der Waals surface area (Å²) < 4.78 is 19.4. The number of piperidine rings is 3. The van der Waals surface area contributed by atoms with E-state index >= 15 is 0 Å². The number of aromatic nitrogens is 1. The van der Waals surface area contributed by atoms with Gasteiger partial charge < -0.3 is 14.6 Å². The lowest BCUT2D eigenvalue weighted by Crippen LogP contribution is -2.67. The Balaban J connectivity index is 1.49. The van der Waals surface area contributed by atoms with Gasteiger partial charge in [0.05, 0.1) is 19.6 Å². The maximum Gasteiger partial charge on any atom is 0.291 e. The molecule has 5 rings (SSSR count). The maximum atomic E-state index is 13.5. The molecule has 1 aromatic rings. The Morgan fingerprint density at radius 2 is 2.18 bits per heavy atom. The number of halogens is 1. The second kappa shape index (κ2) is 4.63. The van der Waals surface area contributed by atoms with Crippen molar-refractivity contribution in [2.75, 3.05) is 31.5 Å². The largest absolute Gasteiger partial charge is 0.633 e. The zero-order valence-corrected chi connectivity index (χ0v) is 12.5. The van der Waals surface area contributed by atoms with Crippen LogP contribution < -0.4 is 5.32 Å². The van der Waals surface area contributed by atoms with E-state index in [-0.39, 0.29) is 4.65 Å². The molecule has 0 aliphatic carbocycles. The number of aliphatic imine (C=N–C) groups is 1. The normalized spacial score (nSPS) is 36.3. The highest BCUT2D eigenvalue weighted by Gasteiger charge is 2.56. The van der Waals surface area contributed by atoms with Crippen LogP contribution in [0, 0.1) is 24.0 Å². The van der Waals surface area contributed by atoms with Crippen molar-refractivity contribution >= 4 is 11.8 Å². The van der Waals surface area contributed by atoms with Gasteiger partial charge in [0.2, 0.25) is 5.95 Å². The van der Waals surface area contributed by atoms with Gasteiger partial charge in [-0.05, 0) is 13.0 Å². The average molecular weight is 306 g/mol. The van der Waals surface area contributed by atoms with E-state index in [1.54, 1.807) is 19.1 Å². The van der Waals surface area contributed by atoms with Crippen LogP contribution in [0.25, 0.3) is 0 Å². The fourth-order valence-corrected chi connectivity index (χ4v) is 3.84. The lowest BCUT2D eigenvalue weighted by molar-refractivity contribution is -0.905. The first-order valence-electron chi connectivity index (χ1n) is 7.69. The molecular formula is C15H19FN4O2. The molecule has 2 bridgehead atoms. The van der Waals surface area contributed by atoms with Crippen LogP contribution in [-0.4, -0.2) is 47.4 Å². The number of rotatable bonds is 1. The van der Waals surface area contributed by atoms with Gasteiger partial charge in [0, 0.05) is 24.3 Å². The Morgan fingerprint density at radius 1 is 1.41 bits per heavy atom. The van der Waals surface area contributed by atoms with Gasteiger partial charge in [-0.1, -0.05) is 6.07 Å². The number of ether oxygens (including phenoxy) is 1. The third kappa shape index (κ3) is 2.16. The van der Waals surface area contributed by atoms with Gasteiger partial charge in [-0.3, -0.25) is 5.32 Å². The van der Waals surface area contributed by atoms with E-state index in [1.165, 1.54) is 0 Å². The summed E-state index contributed by atoms with van der Waals surface area (Å²) in [6.07, 6.45) is 1.79. The summed E-state index contributed by atoms with van der Waals surface area (Å²) in [4.78, 5) is 8.21. The van der Waals surface area contributed by atoms with E-state index < -0.39 is 11.5 Å². The van der Waals surface area contributed by atoms with Crippen LogP contribution in [-0.2, 0) is 4.74 Å². The number of hydroxylamine groups is 3. The van der Waals surface area contributed by atoms with Crippen LogP contribution in [0.5, 0.6) is 0 Å². The molecule has 7 heteroatoms. The van der Waals surface area contributed by atoms with Crippen molar-refractivity contribution in [2.45, 2.75) is 25.4 Å². The van der Waals surface area contributed by atoms with Crippen molar-refractivity contribution in [2.24, 2.45) is 10.9 Å². The number of aryl methyl sites for hydroxylation is 1. The van der Waals surface area contributed by atoms with E-state index in [0.717, 1.165) is 12.8 Å². The average Bonchev–Trinajstić information content (AvgIpc) is 2.85. The molecule has 1 atom stereocenters. The van der Waals surface area contributed by atoms with Gasteiger partial charge in [0.25, 0.3) is 6.02 Å². The van der Waals surface area contributed by atoms with E-state index in [1.807, 2.05) is 0 Å². The third-order valence-electron chi connectivity index (χ3n) is 5.13. The van der Waals surface area contributed by atoms with Gasteiger partial charge in [-0.2, -0.15) is 4.39 Å². The minimum absolute atomic E-state index is 0.170. The zero-order chi connectivity index (χ0) is 15.4.